The summed E-state index contributed by atoms with van der Waals surface area (Å²) in [6.07, 6.45) is 5.80. The highest BCUT2D eigenvalue weighted by Gasteiger charge is 1.93. The Morgan fingerprint density at radius 2 is 2.43 bits per heavy atom. The summed E-state index contributed by atoms with van der Waals surface area (Å²) in [5, 5.41) is 1.62. The van der Waals surface area contributed by atoms with Crippen LogP contribution in [0.25, 0.3) is 0 Å². The Morgan fingerprint density at radius 3 is 2.57 bits per heavy atom. The van der Waals surface area contributed by atoms with Crippen molar-refractivity contribution in [1.29, 1.82) is 0 Å². The predicted molar refractivity (Wildman–Crippen MR) is 36.4 cm³/mol. The van der Waals surface area contributed by atoms with Gasteiger partial charge in [0.2, 0.25) is 0 Å². The molecule has 0 saturated heterocycles. The average molecular weight is 110 g/mol. The molecular weight excluding hydrogens is 100 g/mol. The fourth-order valence-electron chi connectivity index (χ4n) is 0.828. The summed E-state index contributed by atoms with van der Waals surface area (Å²) in [6, 6.07) is 0. The van der Waals surface area contributed by atoms with E-state index in [-0.39, 0.29) is 0 Å². The second kappa shape index (κ2) is 1.66. The summed E-state index contributed by atoms with van der Waals surface area (Å²) in [4.78, 5) is 0. The van der Waals surface area contributed by atoms with Gasteiger partial charge in [0.05, 0.1) is 0 Å². The Kier molecular flexibility index (Phi) is 1.15. The third kappa shape index (κ3) is 1.03. The maximum Gasteiger partial charge on any atom is 0.0337 e. The van der Waals surface area contributed by atoms with Gasteiger partial charge in [0.15, 0.2) is 0 Å². The quantitative estimate of drug-likeness (QED) is 0.400. The van der Waals surface area contributed by atoms with Crippen molar-refractivity contribution in [1.82, 2.24) is 0 Å². The first-order valence-electron chi connectivity index (χ1n) is 2.63. The first-order chi connectivity index (χ1) is 3.29. The largest absolute Gasteiger partial charge is 0.0878 e. The van der Waals surface area contributed by atoms with E-state index >= 15 is 0 Å². The van der Waals surface area contributed by atoms with Gasteiger partial charge in [-0.3, -0.25) is 0 Å². The van der Waals surface area contributed by atoms with Crippen LogP contribution in [0.3, 0.4) is 0 Å². The standard InChI is InChI=1S/C6H10Si/c1-5-2-3-6(7)4-5/h2,4H,3H2,1,7H3. The fourth-order valence-corrected chi connectivity index (χ4v) is 1.49. The third-order valence-electron chi connectivity index (χ3n) is 1.22. The molecule has 0 bridgehead atoms. The van der Waals surface area contributed by atoms with Crippen LogP contribution in [0.4, 0.5) is 0 Å². The molecular formula is C6H10Si. The highest BCUT2D eigenvalue weighted by Crippen LogP contribution is 2.12. The third-order valence-corrected chi connectivity index (χ3v) is 1.92. The maximum absolute atomic E-state index is 2.28. The zero-order valence-corrected chi connectivity index (χ0v) is 6.86. The molecule has 0 aliphatic heterocycles. The van der Waals surface area contributed by atoms with Crippen LogP contribution in [0.15, 0.2) is 22.9 Å². The van der Waals surface area contributed by atoms with Crippen molar-refractivity contribution >= 4 is 10.2 Å². The van der Waals surface area contributed by atoms with Crippen molar-refractivity contribution in [3.8, 4) is 0 Å². The normalized spacial score (nSPS) is 19.6. The minimum Gasteiger partial charge on any atom is -0.0878 e. The molecule has 0 unspecified atom stereocenters. The molecule has 0 nitrogen and oxygen atoms in total. The molecule has 1 aliphatic carbocycles. The number of hydrogen-bond acceptors (Lipinski definition) is 0. The van der Waals surface area contributed by atoms with E-state index in [4.69, 9.17) is 0 Å². The van der Waals surface area contributed by atoms with Crippen molar-refractivity contribution < 1.29 is 0 Å². The van der Waals surface area contributed by atoms with E-state index in [1.165, 1.54) is 22.2 Å². The van der Waals surface area contributed by atoms with Gasteiger partial charge in [0, 0.05) is 10.2 Å². The molecule has 1 rings (SSSR count). The fraction of sp³-hybridized carbons (Fsp3) is 0.333. The molecule has 0 amide bonds. The monoisotopic (exact) mass is 110 g/mol. The van der Waals surface area contributed by atoms with Gasteiger partial charge in [-0.25, -0.2) is 0 Å². The maximum atomic E-state index is 2.28. The number of hydrogen-bond donors (Lipinski definition) is 0. The second-order valence-corrected chi connectivity index (χ2v) is 3.43. The average Bonchev–Trinajstić information content (AvgIpc) is 1.87. The van der Waals surface area contributed by atoms with Crippen LogP contribution >= 0.6 is 0 Å². The van der Waals surface area contributed by atoms with E-state index in [9.17, 15) is 0 Å². The topological polar surface area (TPSA) is 0 Å². The molecule has 0 heterocycles. The minimum atomic E-state index is 1.23. The Balaban J connectivity index is 2.69. The lowest BCUT2D eigenvalue weighted by Crippen LogP contribution is -1.68. The van der Waals surface area contributed by atoms with Crippen LogP contribution in [0.5, 0.6) is 0 Å². The smallest absolute Gasteiger partial charge is 0.0337 e. The molecule has 0 radical (unpaired) electrons. The van der Waals surface area contributed by atoms with Crippen molar-refractivity contribution in [3.05, 3.63) is 22.9 Å². The van der Waals surface area contributed by atoms with E-state index in [0.29, 0.717) is 0 Å². The summed E-state index contributed by atoms with van der Waals surface area (Å²) in [5.41, 5.74) is 1.45. The zero-order chi connectivity index (χ0) is 5.28. The Hall–Kier alpha value is -0.303. The first-order valence-corrected chi connectivity index (χ1v) is 3.63. The Labute approximate surface area is 47.3 Å². The first kappa shape index (κ1) is 4.85. The molecule has 0 aromatic carbocycles. The van der Waals surface area contributed by atoms with Gasteiger partial charge < -0.3 is 0 Å². The lowest BCUT2D eigenvalue weighted by atomic mass is 10.3. The van der Waals surface area contributed by atoms with Crippen LogP contribution in [0.2, 0.25) is 0 Å². The van der Waals surface area contributed by atoms with Gasteiger partial charge >= 0.3 is 0 Å². The van der Waals surface area contributed by atoms with Crippen LogP contribution in [0.1, 0.15) is 13.3 Å². The van der Waals surface area contributed by atoms with E-state index in [2.05, 4.69) is 19.1 Å². The molecule has 0 aromatic rings. The van der Waals surface area contributed by atoms with E-state index < -0.39 is 0 Å². The Bertz CT molecular complexity index is 131. The predicted octanol–water partition coefficient (Wildman–Crippen LogP) is 0.586. The van der Waals surface area contributed by atoms with Gasteiger partial charge in [-0.15, -0.1) is 0 Å². The SMILES string of the molecule is CC1=CCC([SiH3])=C1. The molecule has 1 heteroatoms. The highest BCUT2D eigenvalue weighted by molar-refractivity contribution is 6.22. The van der Waals surface area contributed by atoms with Crippen LogP contribution < -0.4 is 0 Å². The van der Waals surface area contributed by atoms with Crippen LogP contribution in [-0.2, 0) is 0 Å². The summed E-state index contributed by atoms with van der Waals surface area (Å²) in [7, 11) is 1.25. The molecule has 38 valence electrons. The van der Waals surface area contributed by atoms with E-state index in [1.807, 2.05) is 0 Å². The van der Waals surface area contributed by atoms with Crippen molar-refractivity contribution in [3.63, 3.8) is 0 Å². The molecule has 0 aromatic heterocycles. The number of rotatable bonds is 0. The Morgan fingerprint density at radius 1 is 1.71 bits per heavy atom. The minimum absolute atomic E-state index is 1.23. The van der Waals surface area contributed by atoms with E-state index in [1.54, 1.807) is 5.20 Å². The lowest BCUT2D eigenvalue weighted by molar-refractivity contribution is 1.39. The van der Waals surface area contributed by atoms with Crippen LogP contribution in [0, 0.1) is 0 Å². The number of allylic oxidation sites excluding steroid dienone is 4. The van der Waals surface area contributed by atoms with Gasteiger partial charge in [0.1, 0.15) is 0 Å². The van der Waals surface area contributed by atoms with Crippen LogP contribution in [-0.4, -0.2) is 10.2 Å². The molecule has 0 atom stereocenters. The summed E-state index contributed by atoms with van der Waals surface area (Å²) in [5.74, 6) is 0. The molecule has 1 aliphatic rings. The summed E-state index contributed by atoms with van der Waals surface area (Å²) < 4.78 is 0. The molecule has 7 heavy (non-hydrogen) atoms. The summed E-state index contributed by atoms with van der Waals surface area (Å²) >= 11 is 0. The zero-order valence-electron chi connectivity index (χ0n) is 4.86. The van der Waals surface area contributed by atoms with Gasteiger partial charge in [-0.2, -0.15) is 0 Å². The molecule has 0 fully saturated rings. The van der Waals surface area contributed by atoms with Gasteiger partial charge in [0.25, 0.3) is 0 Å². The van der Waals surface area contributed by atoms with Gasteiger partial charge in [-0.1, -0.05) is 22.9 Å². The van der Waals surface area contributed by atoms with Crippen molar-refractivity contribution in [2.24, 2.45) is 0 Å². The van der Waals surface area contributed by atoms with Crippen molar-refractivity contribution in [2.45, 2.75) is 13.3 Å². The summed E-state index contributed by atoms with van der Waals surface area (Å²) in [6.45, 7) is 2.16. The van der Waals surface area contributed by atoms with Crippen molar-refractivity contribution in [2.75, 3.05) is 0 Å². The molecule has 0 N–H and O–H groups in total. The highest BCUT2D eigenvalue weighted by atomic mass is 28.1. The molecule has 0 saturated carbocycles. The second-order valence-electron chi connectivity index (χ2n) is 2.14. The van der Waals surface area contributed by atoms with E-state index in [0.717, 1.165) is 0 Å². The lowest BCUT2D eigenvalue weighted by Gasteiger charge is -1.79. The van der Waals surface area contributed by atoms with Gasteiger partial charge in [-0.05, 0) is 13.3 Å². The molecule has 0 spiro atoms.